The SMILES string of the molecule is c1ccc(-c2ccccc2-c2nc(-c3cccc(-c4cc5c6ccccc6c6ccccc6c5c5ccccc45)c3)nc(-c3ccccc3-c3ccccc3)n2)cc1. The molecule has 0 saturated heterocycles. The van der Waals surface area contributed by atoms with E-state index in [2.05, 4.69) is 200 Å². The van der Waals surface area contributed by atoms with Gasteiger partial charge in [-0.25, -0.2) is 15.0 Å². The molecule has 58 heavy (non-hydrogen) atoms. The standard InChI is InChI=1S/C55H35N3/c1-3-18-36(19-4-1)40-24-7-15-32-48(40)54-56-53(57-55(58-54)49-33-16-8-25-41(49)37-20-5-2-6-21-37)39-23-17-22-38(34-39)50-35-51-44-28-10-9-26-42(44)43-27-11-13-30-46(43)52(51)47-31-14-12-29-45(47)50/h1-35H. The first-order valence-electron chi connectivity index (χ1n) is 19.7. The van der Waals surface area contributed by atoms with Crippen molar-refractivity contribution in [1.82, 2.24) is 15.0 Å². The van der Waals surface area contributed by atoms with Gasteiger partial charge in [0.1, 0.15) is 0 Å². The lowest BCUT2D eigenvalue weighted by Crippen LogP contribution is -2.02. The zero-order valence-corrected chi connectivity index (χ0v) is 31.5. The van der Waals surface area contributed by atoms with Crippen LogP contribution in [0.4, 0.5) is 0 Å². The average Bonchev–Trinajstić information content (AvgIpc) is 3.31. The molecular weight excluding hydrogens is 703 g/mol. The second-order valence-electron chi connectivity index (χ2n) is 14.7. The van der Waals surface area contributed by atoms with E-state index in [1.54, 1.807) is 0 Å². The molecule has 0 unspecified atom stereocenters. The topological polar surface area (TPSA) is 38.7 Å². The molecule has 0 radical (unpaired) electrons. The number of nitrogens with zero attached hydrogens (tertiary/aromatic N) is 3. The minimum absolute atomic E-state index is 0.620. The van der Waals surface area contributed by atoms with Crippen molar-refractivity contribution in [1.29, 1.82) is 0 Å². The minimum atomic E-state index is 0.620. The Morgan fingerprint density at radius 3 is 1.16 bits per heavy atom. The van der Waals surface area contributed by atoms with E-state index in [0.29, 0.717) is 17.5 Å². The van der Waals surface area contributed by atoms with Crippen LogP contribution < -0.4 is 0 Å². The van der Waals surface area contributed by atoms with E-state index in [-0.39, 0.29) is 0 Å². The number of hydrogen-bond acceptors (Lipinski definition) is 3. The number of hydrogen-bond donors (Lipinski definition) is 0. The molecule has 0 N–H and O–H groups in total. The summed E-state index contributed by atoms with van der Waals surface area (Å²) in [6.07, 6.45) is 0. The van der Waals surface area contributed by atoms with Crippen LogP contribution in [-0.4, -0.2) is 15.0 Å². The van der Waals surface area contributed by atoms with Gasteiger partial charge in [0.15, 0.2) is 17.5 Å². The van der Waals surface area contributed by atoms with Gasteiger partial charge >= 0.3 is 0 Å². The minimum Gasteiger partial charge on any atom is -0.208 e. The van der Waals surface area contributed by atoms with E-state index in [0.717, 1.165) is 44.5 Å². The second-order valence-corrected chi connectivity index (χ2v) is 14.7. The molecular formula is C55H35N3. The largest absolute Gasteiger partial charge is 0.208 e. The summed E-state index contributed by atoms with van der Waals surface area (Å²) < 4.78 is 0. The predicted octanol–water partition coefficient (Wildman–Crippen LogP) is 14.5. The lowest BCUT2D eigenvalue weighted by molar-refractivity contribution is 1.07. The molecule has 0 aliphatic carbocycles. The van der Waals surface area contributed by atoms with Gasteiger partial charge in [-0.2, -0.15) is 0 Å². The van der Waals surface area contributed by atoms with Gasteiger partial charge in [0.2, 0.25) is 0 Å². The van der Waals surface area contributed by atoms with Crippen LogP contribution in [0.2, 0.25) is 0 Å². The highest BCUT2D eigenvalue weighted by atomic mass is 15.0. The number of fused-ring (bicyclic) bond motifs is 8. The number of aromatic nitrogens is 3. The molecule has 10 aromatic carbocycles. The Balaban J connectivity index is 1.15. The fourth-order valence-corrected chi connectivity index (χ4v) is 8.67. The Morgan fingerprint density at radius 1 is 0.207 bits per heavy atom. The third-order valence-electron chi connectivity index (χ3n) is 11.3. The lowest BCUT2D eigenvalue weighted by Gasteiger charge is -2.17. The third-order valence-corrected chi connectivity index (χ3v) is 11.3. The summed E-state index contributed by atoms with van der Waals surface area (Å²) in [5.41, 5.74) is 9.45. The molecule has 0 atom stereocenters. The molecule has 1 heterocycles. The van der Waals surface area contributed by atoms with Crippen molar-refractivity contribution in [2.75, 3.05) is 0 Å². The quantitative estimate of drug-likeness (QED) is 0.160. The normalized spacial score (nSPS) is 11.4. The highest BCUT2D eigenvalue weighted by Crippen LogP contribution is 2.43. The Kier molecular flexibility index (Phi) is 8.15. The van der Waals surface area contributed by atoms with Crippen molar-refractivity contribution < 1.29 is 0 Å². The van der Waals surface area contributed by atoms with Gasteiger partial charge in [0.25, 0.3) is 0 Å². The Bertz CT molecular complexity index is 3230. The van der Waals surface area contributed by atoms with Crippen LogP contribution >= 0.6 is 0 Å². The highest BCUT2D eigenvalue weighted by molar-refractivity contribution is 6.33. The van der Waals surface area contributed by atoms with Gasteiger partial charge in [-0.05, 0) is 88.6 Å². The molecule has 0 aliphatic rings. The summed E-state index contributed by atoms with van der Waals surface area (Å²) in [6.45, 7) is 0. The van der Waals surface area contributed by atoms with Crippen LogP contribution in [0.25, 0.3) is 111 Å². The van der Waals surface area contributed by atoms with Gasteiger partial charge in [-0.1, -0.05) is 200 Å². The maximum absolute atomic E-state index is 5.29. The Hall–Kier alpha value is -7.75. The van der Waals surface area contributed by atoms with Crippen LogP contribution in [0.5, 0.6) is 0 Å². The molecule has 11 rings (SSSR count). The molecule has 1 aromatic heterocycles. The molecule has 3 heteroatoms. The van der Waals surface area contributed by atoms with Gasteiger partial charge in [0, 0.05) is 16.7 Å². The maximum Gasteiger partial charge on any atom is 0.164 e. The van der Waals surface area contributed by atoms with Crippen LogP contribution in [0.3, 0.4) is 0 Å². The van der Waals surface area contributed by atoms with E-state index in [4.69, 9.17) is 15.0 Å². The third kappa shape index (κ3) is 5.72. The zero-order chi connectivity index (χ0) is 38.4. The Labute approximate surface area is 336 Å². The second kappa shape index (κ2) is 14.1. The van der Waals surface area contributed by atoms with Crippen molar-refractivity contribution in [3.8, 4) is 67.5 Å². The van der Waals surface area contributed by atoms with Crippen molar-refractivity contribution in [3.05, 3.63) is 212 Å². The van der Waals surface area contributed by atoms with Crippen molar-refractivity contribution in [2.24, 2.45) is 0 Å². The van der Waals surface area contributed by atoms with Crippen LogP contribution in [0.15, 0.2) is 212 Å². The Morgan fingerprint density at radius 2 is 0.586 bits per heavy atom. The summed E-state index contributed by atoms with van der Waals surface area (Å²) >= 11 is 0. The molecule has 0 bridgehead atoms. The van der Waals surface area contributed by atoms with E-state index < -0.39 is 0 Å². The molecule has 0 spiro atoms. The van der Waals surface area contributed by atoms with E-state index in [1.165, 1.54) is 48.7 Å². The first kappa shape index (κ1) is 33.6. The van der Waals surface area contributed by atoms with Gasteiger partial charge in [-0.15, -0.1) is 0 Å². The van der Waals surface area contributed by atoms with Gasteiger partial charge < -0.3 is 0 Å². The molecule has 0 saturated carbocycles. The fourth-order valence-electron chi connectivity index (χ4n) is 8.67. The van der Waals surface area contributed by atoms with Crippen LogP contribution in [0.1, 0.15) is 0 Å². The smallest absolute Gasteiger partial charge is 0.164 e. The lowest BCUT2D eigenvalue weighted by atomic mass is 9.87. The van der Waals surface area contributed by atoms with Crippen LogP contribution in [0, 0.1) is 0 Å². The average molecular weight is 738 g/mol. The summed E-state index contributed by atoms with van der Waals surface area (Å²) in [5.74, 6) is 1.87. The molecule has 11 aromatic rings. The number of rotatable bonds is 6. The number of benzene rings is 10. The maximum atomic E-state index is 5.29. The molecule has 0 fully saturated rings. The molecule has 0 amide bonds. The van der Waals surface area contributed by atoms with Gasteiger partial charge in [0.05, 0.1) is 0 Å². The molecule has 0 aliphatic heterocycles. The summed E-state index contributed by atoms with van der Waals surface area (Å²) in [6, 6.07) is 75.2. The zero-order valence-electron chi connectivity index (χ0n) is 31.5. The first-order valence-corrected chi connectivity index (χ1v) is 19.7. The molecule has 270 valence electrons. The monoisotopic (exact) mass is 737 g/mol. The highest BCUT2D eigenvalue weighted by Gasteiger charge is 2.19. The fraction of sp³-hybridized carbons (Fsp3) is 0. The summed E-state index contributed by atoms with van der Waals surface area (Å²) in [4.78, 5) is 15.8. The van der Waals surface area contributed by atoms with Gasteiger partial charge in [-0.3, -0.25) is 0 Å². The van der Waals surface area contributed by atoms with E-state index >= 15 is 0 Å². The summed E-state index contributed by atoms with van der Waals surface area (Å²) in [7, 11) is 0. The first-order chi connectivity index (χ1) is 28.8. The predicted molar refractivity (Wildman–Crippen MR) is 242 cm³/mol. The van der Waals surface area contributed by atoms with Crippen molar-refractivity contribution in [2.45, 2.75) is 0 Å². The van der Waals surface area contributed by atoms with E-state index in [1.807, 2.05) is 12.1 Å². The summed E-state index contributed by atoms with van der Waals surface area (Å²) in [5, 5.41) is 10.0. The van der Waals surface area contributed by atoms with Crippen molar-refractivity contribution in [3.63, 3.8) is 0 Å². The van der Waals surface area contributed by atoms with E-state index in [9.17, 15) is 0 Å². The van der Waals surface area contributed by atoms with Crippen molar-refractivity contribution >= 4 is 43.1 Å². The molecule has 3 nitrogen and oxygen atoms in total. The van der Waals surface area contributed by atoms with Crippen LogP contribution in [-0.2, 0) is 0 Å².